The standard InChI is InChI=1S/C15H23NOS/c1-14(2,3)13(17)16-11-7-9-12(10-8-11)18-15(4,5)6/h7-10H,1-6H3,(H,16,17). The summed E-state index contributed by atoms with van der Waals surface area (Å²) in [6.45, 7) is 12.3. The Balaban J connectivity index is 2.70. The van der Waals surface area contributed by atoms with Crippen LogP contribution in [0.2, 0.25) is 0 Å². The van der Waals surface area contributed by atoms with Crippen LogP contribution >= 0.6 is 11.8 Å². The molecule has 2 nitrogen and oxygen atoms in total. The van der Waals surface area contributed by atoms with Crippen molar-refractivity contribution in [3.8, 4) is 0 Å². The number of nitrogens with one attached hydrogen (secondary N) is 1. The lowest BCUT2D eigenvalue weighted by Crippen LogP contribution is -2.27. The Morgan fingerprint density at radius 1 is 1.00 bits per heavy atom. The highest BCUT2D eigenvalue weighted by atomic mass is 32.2. The zero-order valence-electron chi connectivity index (χ0n) is 12.1. The Bertz CT molecular complexity index is 410. The minimum Gasteiger partial charge on any atom is -0.326 e. The molecule has 1 aromatic rings. The van der Waals surface area contributed by atoms with E-state index in [4.69, 9.17) is 0 Å². The number of hydrogen-bond acceptors (Lipinski definition) is 2. The third kappa shape index (κ3) is 5.13. The van der Waals surface area contributed by atoms with Crippen molar-refractivity contribution in [2.75, 3.05) is 5.32 Å². The van der Waals surface area contributed by atoms with Crippen molar-refractivity contribution < 1.29 is 4.79 Å². The monoisotopic (exact) mass is 265 g/mol. The van der Waals surface area contributed by atoms with Gasteiger partial charge in [-0.15, -0.1) is 11.8 Å². The summed E-state index contributed by atoms with van der Waals surface area (Å²) in [5, 5.41) is 2.92. The van der Waals surface area contributed by atoms with Gasteiger partial charge in [-0.25, -0.2) is 0 Å². The number of thioether (sulfide) groups is 1. The molecule has 0 aromatic heterocycles. The van der Waals surface area contributed by atoms with Crippen LogP contribution in [0.1, 0.15) is 41.5 Å². The first-order valence-corrected chi connectivity index (χ1v) is 7.00. The van der Waals surface area contributed by atoms with Crippen LogP contribution in [0.4, 0.5) is 5.69 Å². The Morgan fingerprint density at radius 2 is 1.50 bits per heavy atom. The molecule has 0 heterocycles. The van der Waals surface area contributed by atoms with Gasteiger partial charge in [0, 0.05) is 20.7 Å². The zero-order valence-corrected chi connectivity index (χ0v) is 12.9. The summed E-state index contributed by atoms with van der Waals surface area (Å²) in [7, 11) is 0. The van der Waals surface area contributed by atoms with E-state index in [2.05, 4.69) is 26.1 Å². The van der Waals surface area contributed by atoms with Crippen LogP contribution in [0.25, 0.3) is 0 Å². The predicted molar refractivity (Wildman–Crippen MR) is 80.1 cm³/mol. The van der Waals surface area contributed by atoms with Gasteiger partial charge in [-0.3, -0.25) is 4.79 Å². The molecule has 3 heteroatoms. The molecular formula is C15H23NOS. The van der Waals surface area contributed by atoms with Gasteiger partial charge >= 0.3 is 0 Å². The lowest BCUT2D eigenvalue weighted by atomic mass is 9.95. The predicted octanol–water partition coefficient (Wildman–Crippen LogP) is 4.56. The molecule has 0 atom stereocenters. The molecule has 1 aromatic carbocycles. The Morgan fingerprint density at radius 3 is 1.89 bits per heavy atom. The Kier molecular flexibility index (Phi) is 4.49. The molecule has 0 bridgehead atoms. The largest absolute Gasteiger partial charge is 0.326 e. The molecule has 0 aliphatic rings. The van der Waals surface area contributed by atoms with E-state index in [1.807, 2.05) is 56.8 Å². The van der Waals surface area contributed by atoms with Gasteiger partial charge in [0.15, 0.2) is 0 Å². The van der Waals surface area contributed by atoms with Crippen LogP contribution in [0.3, 0.4) is 0 Å². The molecular weight excluding hydrogens is 242 g/mol. The minimum atomic E-state index is -0.362. The van der Waals surface area contributed by atoms with Gasteiger partial charge in [0.25, 0.3) is 0 Å². The fraction of sp³-hybridized carbons (Fsp3) is 0.533. The molecule has 1 amide bonds. The van der Waals surface area contributed by atoms with E-state index in [1.54, 1.807) is 0 Å². The average Bonchev–Trinajstić information content (AvgIpc) is 2.17. The second-order valence-corrected chi connectivity index (χ2v) is 8.34. The molecule has 0 aliphatic heterocycles. The number of rotatable bonds is 2. The Labute approximate surface area is 115 Å². The second kappa shape index (κ2) is 5.35. The second-order valence-electron chi connectivity index (χ2n) is 6.44. The molecule has 0 unspecified atom stereocenters. The third-order valence-corrected chi connectivity index (χ3v) is 3.34. The van der Waals surface area contributed by atoms with Crippen LogP contribution in [-0.4, -0.2) is 10.7 Å². The molecule has 0 saturated heterocycles. The molecule has 0 fully saturated rings. The van der Waals surface area contributed by atoms with Crippen molar-refractivity contribution in [1.82, 2.24) is 0 Å². The summed E-state index contributed by atoms with van der Waals surface area (Å²) in [6, 6.07) is 8.01. The molecule has 1 N–H and O–H groups in total. The summed E-state index contributed by atoms with van der Waals surface area (Å²) in [4.78, 5) is 13.1. The summed E-state index contributed by atoms with van der Waals surface area (Å²) in [5.74, 6) is 0.0405. The molecule has 0 spiro atoms. The van der Waals surface area contributed by atoms with Gasteiger partial charge in [0.2, 0.25) is 5.91 Å². The molecule has 0 aliphatic carbocycles. The first-order chi connectivity index (χ1) is 8.08. The highest BCUT2D eigenvalue weighted by Gasteiger charge is 2.21. The van der Waals surface area contributed by atoms with Crippen molar-refractivity contribution in [3.05, 3.63) is 24.3 Å². The number of carbonyl (C=O) groups is 1. The van der Waals surface area contributed by atoms with Crippen molar-refractivity contribution in [2.24, 2.45) is 5.41 Å². The van der Waals surface area contributed by atoms with Crippen LogP contribution in [0.15, 0.2) is 29.2 Å². The zero-order chi connectivity index (χ0) is 14.0. The van der Waals surface area contributed by atoms with Crippen LogP contribution < -0.4 is 5.32 Å². The third-order valence-electron chi connectivity index (χ3n) is 2.22. The fourth-order valence-corrected chi connectivity index (χ4v) is 2.26. The van der Waals surface area contributed by atoms with E-state index in [1.165, 1.54) is 4.90 Å². The SMILES string of the molecule is CC(C)(C)Sc1ccc(NC(=O)C(C)(C)C)cc1. The lowest BCUT2D eigenvalue weighted by Gasteiger charge is -2.19. The van der Waals surface area contributed by atoms with Gasteiger partial charge in [0.1, 0.15) is 0 Å². The molecule has 0 saturated carbocycles. The highest BCUT2D eigenvalue weighted by molar-refractivity contribution is 8.00. The maximum atomic E-state index is 11.8. The van der Waals surface area contributed by atoms with Crippen LogP contribution in [-0.2, 0) is 4.79 Å². The summed E-state index contributed by atoms with van der Waals surface area (Å²) >= 11 is 1.82. The van der Waals surface area contributed by atoms with E-state index in [0.29, 0.717) is 0 Å². The Hall–Kier alpha value is -0.960. The van der Waals surface area contributed by atoms with E-state index in [9.17, 15) is 4.79 Å². The normalized spacial score (nSPS) is 12.3. The van der Waals surface area contributed by atoms with Crippen molar-refractivity contribution in [2.45, 2.75) is 51.2 Å². The number of amides is 1. The highest BCUT2D eigenvalue weighted by Crippen LogP contribution is 2.32. The minimum absolute atomic E-state index is 0.0405. The topological polar surface area (TPSA) is 29.1 Å². The van der Waals surface area contributed by atoms with E-state index < -0.39 is 0 Å². The molecule has 1 rings (SSSR count). The van der Waals surface area contributed by atoms with Crippen LogP contribution in [0, 0.1) is 5.41 Å². The first-order valence-electron chi connectivity index (χ1n) is 6.18. The summed E-state index contributed by atoms with van der Waals surface area (Å²) in [5.41, 5.74) is 0.493. The smallest absolute Gasteiger partial charge is 0.229 e. The van der Waals surface area contributed by atoms with Crippen molar-refractivity contribution >= 4 is 23.4 Å². The van der Waals surface area contributed by atoms with E-state index >= 15 is 0 Å². The summed E-state index contributed by atoms with van der Waals surface area (Å²) < 4.78 is 0.205. The molecule has 100 valence electrons. The van der Waals surface area contributed by atoms with Gasteiger partial charge in [-0.1, -0.05) is 41.5 Å². The van der Waals surface area contributed by atoms with Gasteiger partial charge in [-0.2, -0.15) is 0 Å². The fourth-order valence-electron chi connectivity index (χ4n) is 1.28. The van der Waals surface area contributed by atoms with Gasteiger partial charge < -0.3 is 5.32 Å². The van der Waals surface area contributed by atoms with Crippen molar-refractivity contribution in [3.63, 3.8) is 0 Å². The summed E-state index contributed by atoms with van der Waals surface area (Å²) in [6.07, 6.45) is 0. The number of benzene rings is 1. The molecule has 18 heavy (non-hydrogen) atoms. The maximum Gasteiger partial charge on any atom is 0.229 e. The maximum absolute atomic E-state index is 11.8. The number of anilines is 1. The van der Waals surface area contributed by atoms with Crippen molar-refractivity contribution in [1.29, 1.82) is 0 Å². The molecule has 0 radical (unpaired) electrons. The number of carbonyl (C=O) groups excluding carboxylic acids is 1. The quantitative estimate of drug-likeness (QED) is 0.794. The first kappa shape index (κ1) is 15.1. The van der Waals surface area contributed by atoms with Gasteiger partial charge in [0.05, 0.1) is 0 Å². The lowest BCUT2D eigenvalue weighted by molar-refractivity contribution is -0.123. The van der Waals surface area contributed by atoms with Gasteiger partial charge in [-0.05, 0) is 24.3 Å². The van der Waals surface area contributed by atoms with Crippen LogP contribution in [0.5, 0.6) is 0 Å². The average molecular weight is 265 g/mol. The van der Waals surface area contributed by atoms with E-state index in [-0.39, 0.29) is 16.1 Å². The van der Waals surface area contributed by atoms with E-state index in [0.717, 1.165) is 5.69 Å². The number of hydrogen-bond donors (Lipinski definition) is 1.